The summed E-state index contributed by atoms with van der Waals surface area (Å²) in [6.45, 7) is 1.27. The molecule has 0 aromatic carbocycles. The summed E-state index contributed by atoms with van der Waals surface area (Å²) in [5.74, 6) is 0.782. The van der Waals surface area contributed by atoms with E-state index in [1.807, 2.05) is 23.1 Å². The molecule has 2 N–H and O–H groups in total. The van der Waals surface area contributed by atoms with Crippen LogP contribution in [0.4, 0.5) is 5.82 Å². The molecule has 3 aromatic heterocycles. The fourth-order valence-corrected chi connectivity index (χ4v) is 3.37. The molecule has 3 aromatic rings. The van der Waals surface area contributed by atoms with E-state index in [0.29, 0.717) is 35.2 Å². The van der Waals surface area contributed by atoms with E-state index < -0.39 is 0 Å². The average Bonchev–Trinajstić information content (AvgIpc) is 3.29. The Hall–Kier alpha value is -3.00. The van der Waals surface area contributed by atoms with E-state index in [-0.39, 0.29) is 11.9 Å². The lowest BCUT2D eigenvalue weighted by molar-refractivity contribution is 0.0630. The Labute approximate surface area is 150 Å². The van der Waals surface area contributed by atoms with Crippen molar-refractivity contribution in [2.75, 3.05) is 26.0 Å². The number of amides is 1. The third kappa shape index (κ3) is 2.88. The smallest absolute Gasteiger partial charge is 0.254 e. The Morgan fingerprint density at radius 3 is 3.04 bits per heavy atom. The molecule has 0 radical (unpaired) electrons. The van der Waals surface area contributed by atoms with Gasteiger partial charge in [-0.05, 0) is 37.1 Å². The third-order valence-corrected chi connectivity index (χ3v) is 4.60. The van der Waals surface area contributed by atoms with Gasteiger partial charge in [-0.3, -0.25) is 9.78 Å². The van der Waals surface area contributed by atoms with Gasteiger partial charge < -0.3 is 15.4 Å². The van der Waals surface area contributed by atoms with Crippen molar-refractivity contribution in [1.29, 1.82) is 0 Å². The number of ether oxygens (including phenoxy) is 1. The lowest BCUT2D eigenvalue weighted by Gasteiger charge is -2.24. The standard InChI is InChI=1S/C18H20N6O2/c1-26-11-13-5-4-8-23(13)18(25)12-9-15(19)24-16(10-12)21-17(22-24)14-6-2-3-7-20-14/h2-3,6-7,9-10,13H,4-5,8,11,19H2,1H3. The largest absolute Gasteiger partial charge is 0.384 e. The van der Waals surface area contributed by atoms with Gasteiger partial charge in [-0.1, -0.05) is 6.07 Å². The lowest BCUT2D eigenvalue weighted by atomic mass is 10.2. The number of nitrogens with two attached hydrogens (primary N) is 1. The van der Waals surface area contributed by atoms with E-state index in [4.69, 9.17) is 10.5 Å². The first-order valence-electron chi connectivity index (χ1n) is 8.55. The van der Waals surface area contributed by atoms with Gasteiger partial charge in [0.2, 0.25) is 5.82 Å². The number of carbonyl (C=O) groups is 1. The molecule has 0 spiro atoms. The normalized spacial score (nSPS) is 17.1. The molecule has 0 saturated carbocycles. The molecule has 1 aliphatic rings. The minimum absolute atomic E-state index is 0.0545. The second-order valence-corrected chi connectivity index (χ2v) is 6.34. The van der Waals surface area contributed by atoms with Crippen molar-refractivity contribution < 1.29 is 9.53 Å². The van der Waals surface area contributed by atoms with Crippen LogP contribution in [0.25, 0.3) is 17.2 Å². The molecular weight excluding hydrogens is 332 g/mol. The Balaban J connectivity index is 1.69. The van der Waals surface area contributed by atoms with E-state index in [2.05, 4.69) is 15.1 Å². The summed E-state index contributed by atoms with van der Waals surface area (Å²) >= 11 is 0. The van der Waals surface area contributed by atoms with Crippen molar-refractivity contribution >= 4 is 17.4 Å². The zero-order valence-corrected chi connectivity index (χ0v) is 14.5. The SMILES string of the molecule is COCC1CCCN1C(=O)c1cc(N)n2nc(-c3ccccn3)nc2c1. The van der Waals surface area contributed by atoms with Crippen LogP contribution in [-0.4, -0.2) is 56.7 Å². The van der Waals surface area contributed by atoms with Crippen molar-refractivity contribution in [2.45, 2.75) is 18.9 Å². The predicted octanol–water partition coefficient (Wildman–Crippen LogP) is 1.62. The first kappa shape index (κ1) is 16.5. The topological polar surface area (TPSA) is 98.6 Å². The van der Waals surface area contributed by atoms with Crippen molar-refractivity contribution in [2.24, 2.45) is 0 Å². The highest BCUT2D eigenvalue weighted by atomic mass is 16.5. The maximum Gasteiger partial charge on any atom is 0.254 e. The van der Waals surface area contributed by atoms with Gasteiger partial charge in [0.25, 0.3) is 5.91 Å². The number of nitrogens with zero attached hydrogens (tertiary/aromatic N) is 5. The molecule has 1 saturated heterocycles. The third-order valence-electron chi connectivity index (χ3n) is 4.60. The molecule has 26 heavy (non-hydrogen) atoms. The molecule has 0 aliphatic carbocycles. The number of carbonyl (C=O) groups excluding carboxylic acids is 1. The minimum Gasteiger partial charge on any atom is -0.384 e. The van der Waals surface area contributed by atoms with E-state index in [1.54, 1.807) is 25.4 Å². The Bertz CT molecular complexity index is 940. The minimum atomic E-state index is -0.0545. The van der Waals surface area contributed by atoms with Crippen LogP contribution in [0.15, 0.2) is 36.5 Å². The number of anilines is 1. The molecule has 8 nitrogen and oxygen atoms in total. The first-order valence-corrected chi connectivity index (χ1v) is 8.55. The zero-order valence-electron chi connectivity index (χ0n) is 14.5. The number of likely N-dealkylation sites (tertiary alicyclic amines) is 1. The number of methoxy groups -OCH3 is 1. The molecule has 1 aliphatic heterocycles. The monoisotopic (exact) mass is 352 g/mol. The Morgan fingerprint density at radius 2 is 2.27 bits per heavy atom. The molecule has 4 heterocycles. The average molecular weight is 352 g/mol. The maximum absolute atomic E-state index is 12.9. The molecule has 1 unspecified atom stereocenters. The molecule has 0 bridgehead atoms. The summed E-state index contributed by atoms with van der Waals surface area (Å²) < 4.78 is 6.76. The van der Waals surface area contributed by atoms with Gasteiger partial charge in [0, 0.05) is 25.4 Å². The summed E-state index contributed by atoms with van der Waals surface area (Å²) in [6, 6.07) is 9.00. The quantitative estimate of drug-likeness (QED) is 0.766. The summed E-state index contributed by atoms with van der Waals surface area (Å²) in [6.07, 6.45) is 3.61. The van der Waals surface area contributed by atoms with Gasteiger partial charge in [0.1, 0.15) is 11.5 Å². The molecule has 8 heteroatoms. The van der Waals surface area contributed by atoms with Crippen molar-refractivity contribution in [3.05, 3.63) is 42.1 Å². The fraction of sp³-hybridized carbons (Fsp3) is 0.333. The van der Waals surface area contributed by atoms with Crippen LogP contribution in [0.2, 0.25) is 0 Å². The predicted molar refractivity (Wildman–Crippen MR) is 96.6 cm³/mol. The highest BCUT2D eigenvalue weighted by Gasteiger charge is 2.30. The van der Waals surface area contributed by atoms with E-state index in [0.717, 1.165) is 19.4 Å². The number of fused-ring (bicyclic) bond motifs is 1. The molecule has 1 amide bonds. The van der Waals surface area contributed by atoms with E-state index in [1.165, 1.54) is 4.52 Å². The van der Waals surface area contributed by atoms with E-state index >= 15 is 0 Å². The molecule has 4 rings (SSSR count). The molecular formula is C18H20N6O2. The van der Waals surface area contributed by atoms with Crippen LogP contribution in [0.3, 0.4) is 0 Å². The van der Waals surface area contributed by atoms with Gasteiger partial charge >= 0.3 is 0 Å². The summed E-state index contributed by atoms with van der Waals surface area (Å²) in [4.78, 5) is 23.5. The van der Waals surface area contributed by atoms with Gasteiger partial charge in [-0.2, -0.15) is 4.52 Å². The van der Waals surface area contributed by atoms with Gasteiger partial charge in [-0.25, -0.2) is 4.98 Å². The Kier molecular flexibility index (Phi) is 4.26. The molecule has 1 atom stereocenters. The fourth-order valence-electron chi connectivity index (χ4n) is 3.37. The zero-order chi connectivity index (χ0) is 18.1. The van der Waals surface area contributed by atoms with Crippen LogP contribution < -0.4 is 5.73 Å². The Morgan fingerprint density at radius 1 is 1.38 bits per heavy atom. The molecule has 1 fully saturated rings. The maximum atomic E-state index is 12.9. The van der Waals surface area contributed by atoms with Crippen LogP contribution in [0, 0.1) is 0 Å². The van der Waals surface area contributed by atoms with Crippen LogP contribution in [0.1, 0.15) is 23.2 Å². The number of pyridine rings is 2. The van der Waals surface area contributed by atoms with Crippen molar-refractivity contribution in [3.8, 4) is 11.5 Å². The number of aromatic nitrogens is 4. The van der Waals surface area contributed by atoms with Crippen LogP contribution >= 0.6 is 0 Å². The number of hydrogen-bond acceptors (Lipinski definition) is 6. The van der Waals surface area contributed by atoms with Crippen molar-refractivity contribution in [3.63, 3.8) is 0 Å². The molecule has 134 valence electrons. The second-order valence-electron chi connectivity index (χ2n) is 6.34. The second kappa shape index (κ2) is 6.72. The van der Waals surface area contributed by atoms with Gasteiger partial charge in [-0.15, -0.1) is 5.10 Å². The summed E-state index contributed by atoms with van der Waals surface area (Å²) in [5.41, 5.74) is 7.82. The van der Waals surface area contributed by atoms with Gasteiger partial charge in [0.15, 0.2) is 5.65 Å². The number of hydrogen-bond donors (Lipinski definition) is 1. The first-order chi connectivity index (χ1) is 12.7. The highest BCUT2D eigenvalue weighted by molar-refractivity contribution is 5.96. The lowest BCUT2D eigenvalue weighted by Crippen LogP contribution is -2.38. The number of nitrogen functional groups attached to an aromatic ring is 1. The van der Waals surface area contributed by atoms with Gasteiger partial charge in [0.05, 0.1) is 12.6 Å². The van der Waals surface area contributed by atoms with Crippen LogP contribution in [-0.2, 0) is 4.74 Å². The van der Waals surface area contributed by atoms with E-state index in [9.17, 15) is 4.79 Å². The summed E-state index contributed by atoms with van der Waals surface area (Å²) in [5, 5.41) is 4.40. The summed E-state index contributed by atoms with van der Waals surface area (Å²) in [7, 11) is 1.65. The number of rotatable bonds is 4. The van der Waals surface area contributed by atoms with Crippen molar-refractivity contribution in [1.82, 2.24) is 24.5 Å². The van der Waals surface area contributed by atoms with Crippen LogP contribution in [0.5, 0.6) is 0 Å². The highest BCUT2D eigenvalue weighted by Crippen LogP contribution is 2.23.